The van der Waals surface area contributed by atoms with E-state index in [0.717, 1.165) is 42.7 Å². The number of carbonyl (C=O) groups excluding carboxylic acids is 1. The Hall–Kier alpha value is -2.08. The van der Waals surface area contributed by atoms with Gasteiger partial charge in [0.1, 0.15) is 0 Å². The maximum absolute atomic E-state index is 12.4. The summed E-state index contributed by atoms with van der Waals surface area (Å²) >= 11 is 0. The molecule has 6 nitrogen and oxygen atoms in total. The predicted molar refractivity (Wildman–Crippen MR) is 87.0 cm³/mol. The Kier molecular flexibility index (Phi) is 3.78. The van der Waals surface area contributed by atoms with E-state index in [4.69, 9.17) is 0 Å². The number of hydrogen-bond acceptors (Lipinski definition) is 3. The number of anilines is 1. The smallest absolute Gasteiger partial charge is 0.326 e. The molecule has 0 unspecified atom stereocenters. The Morgan fingerprint density at radius 2 is 1.91 bits per heavy atom. The van der Waals surface area contributed by atoms with E-state index in [-0.39, 0.29) is 17.5 Å². The van der Waals surface area contributed by atoms with Crippen LogP contribution in [0.1, 0.15) is 12.8 Å². The SMILES string of the molecule is CN1CCC[C@@H](C(=O)Nc2ccc3c(c2)n(C)c(=O)n3C)C1. The van der Waals surface area contributed by atoms with E-state index in [1.807, 2.05) is 25.2 Å². The summed E-state index contributed by atoms with van der Waals surface area (Å²) in [5.41, 5.74) is 2.37. The minimum atomic E-state index is -0.0626. The predicted octanol–water partition coefficient (Wildman–Crippen LogP) is 1.16. The fraction of sp³-hybridized carbons (Fsp3) is 0.500. The third-order valence-electron chi connectivity index (χ3n) is 4.53. The highest BCUT2D eigenvalue weighted by atomic mass is 16.2. The highest BCUT2D eigenvalue weighted by Gasteiger charge is 2.24. The van der Waals surface area contributed by atoms with E-state index in [0.29, 0.717) is 0 Å². The summed E-state index contributed by atoms with van der Waals surface area (Å²) in [4.78, 5) is 26.5. The van der Waals surface area contributed by atoms with Crippen molar-refractivity contribution < 1.29 is 4.79 Å². The highest BCUT2D eigenvalue weighted by Crippen LogP contribution is 2.20. The molecule has 1 aliphatic rings. The Morgan fingerprint density at radius 1 is 1.18 bits per heavy atom. The van der Waals surface area contributed by atoms with Crippen LogP contribution in [0.25, 0.3) is 11.0 Å². The number of rotatable bonds is 2. The van der Waals surface area contributed by atoms with Gasteiger partial charge in [-0.3, -0.25) is 13.9 Å². The Labute approximate surface area is 129 Å². The second kappa shape index (κ2) is 5.61. The third-order valence-corrected chi connectivity index (χ3v) is 4.53. The number of nitrogens with one attached hydrogen (secondary N) is 1. The van der Waals surface area contributed by atoms with Crippen LogP contribution in [0, 0.1) is 5.92 Å². The van der Waals surface area contributed by atoms with Crippen molar-refractivity contribution in [1.29, 1.82) is 0 Å². The van der Waals surface area contributed by atoms with Gasteiger partial charge in [-0.1, -0.05) is 0 Å². The van der Waals surface area contributed by atoms with Crippen LogP contribution in [0.2, 0.25) is 0 Å². The van der Waals surface area contributed by atoms with Crippen LogP contribution < -0.4 is 11.0 Å². The first kappa shape index (κ1) is 14.8. The molecule has 1 atom stereocenters. The molecular weight excluding hydrogens is 280 g/mol. The molecule has 6 heteroatoms. The van der Waals surface area contributed by atoms with Crippen molar-refractivity contribution in [2.24, 2.45) is 20.0 Å². The topological polar surface area (TPSA) is 59.3 Å². The Morgan fingerprint density at radius 3 is 2.64 bits per heavy atom. The summed E-state index contributed by atoms with van der Waals surface area (Å²) in [7, 11) is 5.54. The van der Waals surface area contributed by atoms with E-state index in [2.05, 4.69) is 10.2 Å². The summed E-state index contributed by atoms with van der Waals surface area (Å²) in [5, 5.41) is 2.99. The largest absolute Gasteiger partial charge is 0.328 e. The van der Waals surface area contributed by atoms with Crippen molar-refractivity contribution in [3.63, 3.8) is 0 Å². The highest BCUT2D eigenvalue weighted by molar-refractivity contribution is 5.94. The average Bonchev–Trinajstić information content (AvgIpc) is 2.72. The fourth-order valence-corrected chi connectivity index (χ4v) is 3.21. The lowest BCUT2D eigenvalue weighted by Crippen LogP contribution is -2.38. The summed E-state index contributed by atoms with van der Waals surface area (Å²) in [6, 6.07) is 5.59. The van der Waals surface area contributed by atoms with Crippen LogP contribution in [0.5, 0.6) is 0 Å². The zero-order valence-corrected chi connectivity index (χ0v) is 13.3. The third kappa shape index (κ3) is 2.54. The van der Waals surface area contributed by atoms with E-state index in [1.54, 1.807) is 23.2 Å². The maximum atomic E-state index is 12.4. The molecule has 1 saturated heterocycles. The molecule has 1 fully saturated rings. The quantitative estimate of drug-likeness (QED) is 0.905. The van der Waals surface area contributed by atoms with Crippen molar-refractivity contribution >= 4 is 22.6 Å². The molecule has 0 aliphatic carbocycles. The summed E-state index contributed by atoms with van der Waals surface area (Å²) in [5.74, 6) is 0.0980. The van der Waals surface area contributed by atoms with Crippen molar-refractivity contribution in [1.82, 2.24) is 14.0 Å². The molecule has 3 rings (SSSR count). The zero-order chi connectivity index (χ0) is 15.9. The number of benzene rings is 1. The van der Waals surface area contributed by atoms with E-state index in [9.17, 15) is 9.59 Å². The molecule has 2 heterocycles. The van der Waals surface area contributed by atoms with Crippen LogP contribution >= 0.6 is 0 Å². The first-order valence-corrected chi connectivity index (χ1v) is 7.62. The van der Waals surface area contributed by atoms with Crippen molar-refractivity contribution in [2.45, 2.75) is 12.8 Å². The first-order valence-electron chi connectivity index (χ1n) is 7.62. The van der Waals surface area contributed by atoms with Gasteiger partial charge in [0.15, 0.2) is 0 Å². The van der Waals surface area contributed by atoms with Gasteiger partial charge in [0.2, 0.25) is 5.91 Å². The number of aryl methyl sites for hydroxylation is 2. The lowest BCUT2D eigenvalue weighted by molar-refractivity contribution is -0.121. The molecule has 1 aliphatic heterocycles. The molecule has 22 heavy (non-hydrogen) atoms. The lowest BCUT2D eigenvalue weighted by atomic mass is 9.97. The fourth-order valence-electron chi connectivity index (χ4n) is 3.21. The number of piperidine rings is 1. The van der Waals surface area contributed by atoms with Crippen LogP contribution in [0.3, 0.4) is 0 Å². The van der Waals surface area contributed by atoms with Crippen molar-refractivity contribution in [3.8, 4) is 0 Å². The second-order valence-corrected chi connectivity index (χ2v) is 6.19. The summed E-state index contributed by atoms with van der Waals surface area (Å²) in [6.45, 7) is 1.86. The van der Waals surface area contributed by atoms with Crippen LogP contribution in [0.4, 0.5) is 5.69 Å². The molecule has 118 valence electrons. The zero-order valence-electron chi connectivity index (χ0n) is 13.3. The maximum Gasteiger partial charge on any atom is 0.328 e. The molecule has 0 spiro atoms. The van der Waals surface area contributed by atoms with Crippen LogP contribution in [0.15, 0.2) is 23.0 Å². The molecule has 1 aromatic carbocycles. The number of fused-ring (bicyclic) bond motifs is 1. The monoisotopic (exact) mass is 302 g/mol. The van der Waals surface area contributed by atoms with E-state index in [1.165, 1.54) is 0 Å². The molecule has 1 N–H and O–H groups in total. The van der Waals surface area contributed by atoms with Gasteiger partial charge in [0, 0.05) is 26.3 Å². The number of imidazole rings is 1. The minimum absolute atomic E-state index is 0.0361. The van der Waals surface area contributed by atoms with Crippen LogP contribution in [-0.2, 0) is 18.9 Å². The minimum Gasteiger partial charge on any atom is -0.326 e. The molecule has 2 aromatic rings. The number of nitrogens with zero attached hydrogens (tertiary/aromatic N) is 3. The van der Waals surface area contributed by atoms with Gasteiger partial charge in [-0.2, -0.15) is 0 Å². The average molecular weight is 302 g/mol. The number of hydrogen-bond donors (Lipinski definition) is 1. The molecule has 0 bridgehead atoms. The molecular formula is C16H22N4O2. The normalized spacial score (nSPS) is 19.5. The Balaban J connectivity index is 1.83. The van der Waals surface area contributed by atoms with Gasteiger partial charge in [0.05, 0.1) is 17.0 Å². The number of aromatic nitrogens is 2. The molecule has 1 aromatic heterocycles. The van der Waals surface area contributed by atoms with Gasteiger partial charge < -0.3 is 10.2 Å². The van der Waals surface area contributed by atoms with Crippen LogP contribution in [-0.4, -0.2) is 40.1 Å². The number of likely N-dealkylation sites (tertiary alicyclic amines) is 1. The molecule has 1 amide bonds. The van der Waals surface area contributed by atoms with E-state index < -0.39 is 0 Å². The second-order valence-electron chi connectivity index (χ2n) is 6.19. The summed E-state index contributed by atoms with van der Waals surface area (Å²) < 4.78 is 3.20. The van der Waals surface area contributed by atoms with Gasteiger partial charge in [-0.05, 0) is 44.6 Å². The molecule has 0 radical (unpaired) electrons. The summed E-state index contributed by atoms with van der Waals surface area (Å²) in [6.07, 6.45) is 1.99. The Bertz CT molecular complexity index is 774. The van der Waals surface area contributed by atoms with Crippen molar-refractivity contribution in [3.05, 3.63) is 28.7 Å². The lowest BCUT2D eigenvalue weighted by Gasteiger charge is -2.28. The van der Waals surface area contributed by atoms with Gasteiger partial charge in [-0.15, -0.1) is 0 Å². The standard InChI is InChI=1S/C16H22N4O2/c1-18-8-4-5-11(10-18)15(21)17-12-6-7-13-14(9-12)20(3)16(22)19(13)2/h6-7,9,11H,4-5,8,10H2,1-3H3,(H,17,21)/t11-/m1/s1. The number of amides is 1. The van der Waals surface area contributed by atoms with Crippen molar-refractivity contribution in [2.75, 3.05) is 25.5 Å². The first-order chi connectivity index (χ1) is 10.5. The van der Waals surface area contributed by atoms with Gasteiger partial charge >= 0.3 is 5.69 Å². The van der Waals surface area contributed by atoms with Gasteiger partial charge in [-0.25, -0.2) is 4.79 Å². The number of carbonyl (C=O) groups is 1. The van der Waals surface area contributed by atoms with E-state index >= 15 is 0 Å². The molecule has 0 saturated carbocycles. The van der Waals surface area contributed by atoms with Gasteiger partial charge in [0.25, 0.3) is 0 Å².